The molecule has 0 bridgehead atoms. The normalized spacial score (nSPS) is 12.8. The molecule has 13 heavy (non-hydrogen) atoms. The van der Waals surface area contributed by atoms with Crippen molar-refractivity contribution < 1.29 is 4.79 Å². The number of hydrogen-bond acceptors (Lipinski definition) is 1. The van der Waals surface area contributed by atoms with Crippen molar-refractivity contribution in [2.24, 2.45) is 0 Å². The molecular weight excluding hydrogens is 239 g/mol. The van der Waals surface area contributed by atoms with Crippen LogP contribution in [-0.2, 0) is 4.79 Å². The van der Waals surface area contributed by atoms with Gasteiger partial charge in [-0.3, -0.25) is 0 Å². The summed E-state index contributed by atoms with van der Waals surface area (Å²) in [4.78, 5) is 11.8. The average Bonchev–Trinajstić information content (AvgIpc) is 1.79. The van der Waals surface area contributed by atoms with Crippen LogP contribution in [0.5, 0.6) is 0 Å². The van der Waals surface area contributed by atoms with Crippen LogP contribution in [0.4, 0.5) is 0 Å². The third-order valence-electron chi connectivity index (χ3n) is 2.06. The predicted molar refractivity (Wildman–Crippen MR) is 64.3 cm³/mol. The Labute approximate surface area is 86.1 Å². The Morgan fingerprint density at radius 2 is 1.62 bits per heavy atom. The SMILES string of the molecule is CN(C(=O)[CH2][Ge]([CH3])([CH3])[CH3])[Si](C)(C)C. The first-order chi connectivity index (χ1) is 5.54. The fraction of sp³-hybridized carbons (Fsp3) is 0.889. The molecule has 1 amide bonds. The van der Waals surface area contributed by atoms with E-state index in [9.17, 15) is 4.79 Å². The summed E-state index contributed by atoms with van der Waals surface area (Å²) < 4.78 is 2.00. The van der Waals surface area contributed by atoms with Gasteiger partial charge in [0.25, 0.3) is 0 Å². The maximum atomic E-state index is 11.8. The Hall–Kier alpha value is 0.230. The summed E-state index contributed by atoms with van der Waals surface area (Å²) in [5.74, 6) is 7.23. The summed E-state index contributed by atoms with van der Waals surface area (Å²) in [7, 11) is 0.551. The van der Waals surface area contributed by atoms with Crippen LogP contribution in [0.15, 0.2) is 0 Å². The minimum atomic E-state index is -1.70. The second-order valence-electron chi connectivity index (χ2n) is 5.86. The fourth-order valence-corrected chi connectivity index (χ4v) is 4.51. The Bertz CT molecular complexity index is 193. The Balaban J connectivity index is 4.30. The van der Waals surface area contributed by atoms with Crippen LogP contribution >= 0.6 is 0 Å². The van der Waals surface area contributed by atoms with Crippen LogP contribution in [0.2, 0.25) is 42.2 Å². The van der Waals surface area contributed by atoms with Crippen molar-refractivity contribution in [2.45, 2.75) is 42.2 Å². The van der Waals surface area contributed by atoms with Gasteiger partial charge in [-0.2, -0.15) is 0 Å². The van der Waals surface area contributed by atoms with Crippen LogP contribution in [0.3, 0.4) is 0 Å². The molecule has 0 N–H and O–H groups in total. The van der Waals surface area contributed by atoms with Crippen LogP contribution in [0, 0.1) is 0 Å². The van der Waals surface area contributed by atoms with Crippen LogP contribution < -0.4 is 0 Å². The quantitative estimate of drug-likeness (QED) is 0.716. The van der Waals surface area contributed by atoms with Crippen LogP contribution in [0.25, 0.3) is 0 Å². The average molecular weight is 262 g/mol. The molecule has 2 nitrogen and oxygen atoms in total. The number of amides is 1. The first-order valence-corrected chi connectivity index (χ1v) is 16.0. The van der Waals surface area contributed by atoms with Gasteiger partial charge in [0.1, 0.15) is 0 Å². The van der Waals surface area contributed by atoms with Crippen molar-refractivity contribution >= 4 is 27.4 Å². The fourth-order valence-electron chi connectivity index (χ4n) is 0.946. The first kappa shape index (κ1) is 13.2. The molecule has 78 valence electrons. The van der Waals surface area contributed by atoms with Gasteiger partial charge in [-0.1, -0.05) is 0 Å². The third-order valence-corrected chi connectivity index (χ3v) is 7.18. The zero-order valence-electron chi connectivity index (χ0n) is 10.1. The van der Waals surface area contributed by atoms with Gasteiger partial charge in [-0.15, -0.1) is 0 Å². The van der Waals surface area contributed by atoms with E-state index in [0.717, 1.165) is 5.25 Å². The summed E-state index contributed by atoms with van der Waals surface area (Å²) in [5.41, 5.74) is 0. The molecule has 0 fully saturated rings. The molecule has 0 atom stereocenters. The van der Waals surface area contributed by atoms with Crippen LogP contribution in [0.1, 0.15) is 0 Å². The summed E-state index contributed by atoms with van der Waals surface area (Å²) >= 11 is -1.70. The van der Waals surface area contributed by atoms with E-state index >= 15 is 0 Å². The Kier molecular flexibility index (Phi) is 4.24. The standard InChI is InChI=1S/C9H23GeNOSi/c1-10(2,3)8-9(12)11(4)13(5,6)7/h8H2,1-7H3. The molecule has 0 aliphatic carbocycles. The Morgan fingerprint density at radius 3 is 1.85 bits per heavy atom. The van der Waals surface area contributed by atoms with E-state index in [1.807, 2.05) is 11.6 Å². The van der Waals surface area contributed by atoms with E-state index < -0.39 is 21.5 Å². The van der Waals surface area contributed by atoms with Gasteiger partial charge < -0.3 is 0 Å². The van der Waals surface area contributed by atoms with Crippen molar-refractivity contribution in [2.75, 3.05) is 7.05 Å². The van der Waals surface area contributed by atoms with Gasteiger partial charge in [0, 0.05) is 0 Å². The molecule has 0 aromatic carbocycles. The van der Waals surface area contributed by atoms with E-state index in [1.54, 1.807) is 0 Å². The summed E-state index contributed by atoms with van der Waals surface area (Å²) in [6, 6.07) is 0. The molecule has 0 unspecified atom stereocenters. The zero-order chi connectivity index (χ0) is 10.9. The monoisotopic (exact) mass is 263 g/mol. The second kappa shape index (κ2) is 4.17. The number of rotatable bonds is 3. The molecule has 0 aliphatic heterocycles. The molecule has 0 aromatic heterocycles. The van der Waals surface area contributed by atoms with E-state index in [0.29, 0.717) is 5.91 Å². The zero-order valence-corrected chi connectivity index (χ0v) is 13.2. The molecule has 0 aliphatic rings. The van der Waals surface area contributed by atoms with E-state index in [1.165, 1.54) is 0 Å². The van der Waals surface area contributed by atoms with Gasteiger partial charge in [0.2, 0.25) is 0 Å². The van der Waals surface area contributed by atoms with Crippen molar-refractivity contribution in [3.8, 4) is 0 Å². The molecule has 0 saturated carbocycles. The molecule has 0 heterocycles. The van der Waals surface area contributed by atoms with E-state index in [-0.39, 0.29) is 0 Å². The molecule has 0 spiro atoms. The number of hydrogen-bond donors (Lipinski definition) is 0. The summed E-state index contributed by atoms with van der Waals surface area (Å²) in [6.45, 7) is 6.63. The van der Waals surface area contributed by atoms with Crippen molar-refractivity contribution in [3.05, 3.63) is 0 Å². The molecule has 0 saturated heterocycles. The first-order valence-electron chi connectivity index (χ1n) is 4.81. The van der Waals surface area contributed by atoms with E-state index in [4.69, 9.17) is 0 Å². The van der Waals surface area contributed by atoms with Gasteiger partial charge in [0.05, 0.1) is 0 Å². The van der Waals surface area contributed by atoms with Crippen molar-refractivity contribution in [1.82, 2.24) is 4.57 Å². The number of carbonyl (C=O) groups is 1. The molecule has 0 aromatic rings. The minimum absolute atomic E-state index is 0.367. The predicted octanol–water partition coefficient (Wildman–Crippen LogP) is 2.62. The van der Waals surface area contributed by atoms with Gasteiger partial charge in [0.15, 0.2) is 0 Å². The van der Waals surface area contributed by atoms with Crippen molar-refractivity contribution in [1.29, 1.82) is 0 Å². The van der Waals surface area contributed by atoms with Gasteiger partial charge in [-0.25, -0.2) is 0 Å². The van der Waals surface area contributed by atoms with Crippen LogP contribution in [-0.4, -0.2) is 39.0 Å². The molecule has 4 heteroatoms. The molecule has 0 rings (SSSR count). The summed E-state index contributed by atoms with van der Waals surface area (Å²) in [5, 5.41) is 0.834. The number of carbonyl (C=O) groups excluding carboxylic acids is 1. The topological polar surface area (TPSA) is 20.3 Å². The second-order valence-corrected chi connectivity index (χ2v) is 22.4. The van der Waals surface area contributed by atoms with E-state index in [2.05, 4.69) is 36.9 Å². The Morgan fingerprint density at radius 1 is 1.23 bits per heavy atom. The van der Waals surface area contributed by atoms with Gasteiger partial charge >= 0.3 is 86.0 Å². The van der Waals surface area contributed by atoms with Crippen molar-refractivity contribution in [3.63, 3.8) is 0 Å². The number of nitrogens with zero attached hydrogens (tertiary/aromatic N) is 1. The summed E-state index contributed by atoms with van der Waals surface area (Å²) in [6.07, 6.45) is 0. The third kappa shape index (κ3) is 5.52. The maximum absolute atomic E-state index is 11.8. The molecule has 0 radical (unpaired) electrons. The van der Waals surface area contributed by atoms with Gasteiger partial charge in [-0.05, 0) is 0 Å². The molecular formula is C9H23GeNOSi.